The minimum absolute atomic E-state index is 0.619. The Hall–Kier alpha value is -0.900. The number of aromatic nitrogens is 1. The fourth-order valence-electron chi connectivity index (χ4n) is 2.42. The predicted molar refractivity (Wildman–Crippen MR) is 76.2 cm³/mol. The SMILES string of the molecule is Clc1ccccc1C1CC(NCc2cncs2)C1. The van der Waals surface area contributed by atoms with E-state index >= 15 is 0 Å². The molecule has 1 aromatic heterocycles. The van der Waals surface area contributed by atoms with Gasteiger partial charge in [-0.2, -0.15) is 0 Å². The quantitative estimate of drug-likeness (QED) is 0.919. The Morgan fingerprint density at radius 1 is 1.33 bits per heavy atom. The zero-order valence-electron chi connectivity index (χ0n) is 9.97. The highest BCUT2D eigenvalue weighted by Gasteiger charge is 2.30. The third kappa shape index (κ3) is 2.58. The Kier molecular flexibility index (Phi) is 3.64. The molecule has 0 radical (unpaired) electrons. The molecule has 2 aromatic rings. The summed E-state index contributed by atoms with van der Waals surface area (Å²) >= 11 is 7.92. The molecule has 1 N–H and O–H groups in total. The van der Waals surface area contributed by atoms with Crippen LogP contribution in [0.5, 0.6) is 0 Å². The predicted octanol–water partition coefficient (Wildman–Crippen LogP) is 3.83. The maximum absolute atomic E-state index is 6.21. The lowest BCUT2D eigenvalue weighted by molar-refractivity contribution is 0.290. The summed E-state index contributed by atoms with van der Waals surface area (Å²) < 4.78 is 0. The van der Waals surface area contributed by atoms with Gasteiger partial charge in [-0.05, 0) is 30.4 Å². The van der Waals surface area contributed by atoms with Crippen LogP contribution in [0.15, 0.2) is 36.0 Å². The van der Waals surface area contributed by atoms with Gasteiger partial charge in [0.1, 0.15) is 0 Å². The summed E-state index contributed by atoms with van der Waals surface area (Å²) in [5, 5.41) is 4.47. The van der Waals surface area contributed by atoms with Gasteiger partial charge in [-0.15, -0.1) is 11.3 Å². The van der Waals surface area contributed by atoms with Crippen molar-refractivity contribution in [1.29, 1.82) is 0 Å². The van der Waals surface area contributed by atoms with E-state index in [2.05, 4.69) is 22.4 Å². The van der Waals surface area contributed by atoms with E-state index in [-0.39, 0.29) is 0 Å². The van der Waals surface area contributed by atoms with Crippen molar-refractivity contribution >= 4 is 22.9 Å². The highest BCUT2D eigenvalue weighted by atomic mass is 35.5. The minimum Gasteiger partial charge on any atom is -0.309 e. The third-order valence-electron chi connectivity index (χ3n) is 3.53. The van der Waals surface area contributed by atoms with Crippen molar-refractivity contribution in [3.05, 3.63) is 51.4 Å². The van der Waals surface area contributed by atoms with E-state index in [1.807, 2.05) is 23.8 Å². The van der Waals surface area contributed by atoms with Crippen LogP contribution < -0.4 is 5.32 Å². The Labute approximate surface area is 116 Å². The molecule has 1 aromatic carbocycles. The molecule has 0 saturated heterocycles. The molecule has 1 aliphatic carbocycles. The van der Waals surface area contributed by atoms with E-state index in [9.17, 15) is 0 Å². The van der Waals surface area contributed by atoms with Crippen LogP contribution in [-0.4, -0.2) is 11.0 Å². The molecular weight excluding hydrogens is 264 g/mol. The zero-order valence-corrected chi connectivity index (χ0v) is 11.5. The van der Waals surface area contributed by atoms with Crippen LogP contribution in [0.4, 0.5) is 0 Å². The topological polar surface area (TPSA) is 24.9 Å². The van der Waals surface area contributed by atoms with Crippen molar-refractivity contribution < 1.29 is 0 Å². The van der Waals surface area contributed by atoms with Crippen LogP contribution >= 0.6 is 22.9 Å². The molecule has 1 saturated carbocycles. The number of benzene rings is 1. The highest BCUT2D eigenvalue weighted by molar-refractivity contribution is 7.09. The average molecular weight is 279 g/mol. The summed E-state index contributed by atoms with van der Waals surface area (Å²) in [6.45, 7) is 0.935. The number of rotatable bonds is 4. The molecule has 0 atom stereocenters. The number of nitrogens with zero attached hydrogens (tertiary/aromatic N) is 1. The summed E-state index contributed by atoms with van der Waals surface area (Å²) in [6, 6.07) is 8.80. The normalized spacial score (nSPS) is 22.7. The molecule has 2 nitrogen and oxygen atoms in total. The maximum Gasteiger partial charge on any atom is 0.0794 e. The van der Waals surface area contributed by atoms with Crippen LogP contribution in [0.3, 0.4) is 0 Å². The number of halogens is 1. The number of hydrogen-bond donors (Lipinski definition) is 1. The number of hydrogen-bond acceptors (Lipinski definition) is 3. The van der Waals surface area contributed by atoms with Crippen molar-refractivity contribution in [3.63, 3.8) is 0 Å². The molecule has 1 aliphatic rings. The van der Waals surface area contributed by atoms with Crippen LogP contribution in [-0.2, 0) is 6.54 Å². The number of nitrogens with one attached hydrogen (secondary N) is 1. The van der Waals surface area contributed by atoms with Gasteiger partial charge in [0.05, 0.1) is 5.51 Å². The molecular formula is C14H15ClN2S. The lowest BCUT2D eigenvalue weighted by Gasteiger charge is -2.36. The third-order valence-corrected chi connectivity index (χ3v) is 4.66. The highest BCUT2D eigenvalue weighted by Crippen LogP contribution is 2.39. The lowest BCUT2D eigenvalue weighted by Crippen LogP contribution is -2.39. The maximum atomic E-state index is 6.21. The van der Waals surface area contributed by atoms with Gasteiger partial charge in [-0.3, -0.25) is 4.98 Å². The summed E-state index contributed by atoms with van der Waals surface area (Å²) in [5.41, 5.74) is 3.18. The van der Waals surface area contributed by atoms with Crippen molar-refractivity contribution in [1.82, 2.24) is 10.3 Å². The Balaban J connectivity index is 1.50. The van der Waals surface area contributed by atoms with Gasteiger partial charge in [0.15, 0.2) is 0 Å². The van der Waals surface area contributed by atoms with Crippen molar-refractivity contribution in [3.8, 4) is 0 Å². The Bertz CT molecular complexity index is 506. The smallest absolute Gasteiger partial charge is 0.0794 e. The largest absolute Gasteiger partial charge is 0.309 e. The average Bonchev–Trinajstić information content (AvgIpc) is 2.82. The first-order chi connectivity index (χ1) is 8.83. The Morgan fingerprint density at radius 3 is 2.89 bits per heavy atom. The second-order valence-electron chi connectivity index (χ2n) is 4.74. The molecule has 0 amide bonds. The monoisotopic (exact) mass is 278 g/mol. The summed E-state index contributed by atoms with van der Waals surface area (Å²) in [6.07, 6.45) is 4.30. The van der Waals surface area contributed by atoms with Crippen LogP contribution in [0.2, 0.25) is 5.02 Å². The van der Waals surface area contributed by atoms with E-state index in [1.165, 1.54) is 23.3 Å². The van der Waals surface area contributed by atoms with Crippen molar-refractivity contribution in [2.75, 3.05) is 0 Å². The van der Waals surface area contributed by atoms with Gasteiger partial charge in [0.2, 0.25) is 0 Å². The molecule has 3 rings (SSSR count). The first kappa shape index (κ1) is 12.2. The van der Waals surface area contributed by atoms with Crippen molar-refractivity contribution in [2.24, 2.45) is 0 Å². The molecule has 18 heavy (non-hydrogen) atoms. The van der Waals surface area contributed by atoms with E-state index in [0.29, 0.717) is 12.0 Å². The second-order valence-corrected chi connectivity index (χ2v) is 6.11. The summed E-state index contributed by atoms with van der Waals surface area (Å²) in [7, 11) is 0. The first-order valence-corrected chi connectivity index (χ1v) is 7.44. The fraction of sp³-hybridized carbons (Fsp3) is 0.357. The van der Waals surface area contributed by atoms with Gasteiger partial charge in [-0.25, -0.2) is 0 Å². The van der Waals surface area contributed by atoms with E-state index in [0.717, 1.165) is 11.6 Å². The Morgan fingerprint density at radius 2 is 2.17 bits per heavy atom. The van der Waals surface area contributed by atoms with Crippen LogP contribution in [0, 0.1) is 0 Å². The summed E-state index contributed by atoms with van der Waals surface area (Å²) in [5.74, 6) is 0.623. The van der Waals surface area contributed by atoms with Gasteiger partial charge in [0, 0.05) is 28.7 Å². The van der Waals surface area contributed by atoms with Crippen LogP contribution in [0.25, 0.3) is 0 Å². The van der Waals surface area contributed by atoms with Gasteiger partial charge >= 0.3 is 0 Å². The lowest BCUT2D eigenvalue weighted by atomic mass is 9.76. The molecule has 94 valence electrons. The van der Waals surface area contributed by atoms with Crippen LogP contribution in [0.1, 0.15) is 29.2 Å². The molecule has 0 bridgehead atoms. The second kappa shape index (κ2) is 5.39. The van der Waals surface area contributed by atoms with Gasteiger partial charge in [0.25, 0.3) is 0 Å². The molecule has 1 fully saturated rings. The molecule has 0 spiro atoms. The van der Waals surface area contributed by atoms with E-state index < -0.39 is 0 Å². The minimum atomic E-state index is 0.619. The molecule has 0 unspecified atom stereocenters. The molecule has 4 heteroatoms. The number of thiazole rings is 1. The molecule has 0 aliphatic heterocycles. The van der Waals surface area contributed by atoms with Gasteiger partial charge in [-0.1, -0.05) is 29.8 Å². The van der Waals surface area contributed by atoms with E-state index in [1.54, 1.807) is 11.3 Å². The molecule has 1 heterocycles. The standard InChI is InChI=1S/C14H15ClN2S/c15-14-4-2-1-3-13(14)10-5-11(6-10)17-8-12-7-16-9-18-12/h1-4,7,9-11,17H,5-6,8H2. The summed E-state index contributed by atoms with van der Waals surface area (Å²) in [4.78, 5) is 5.38. The van der Waals surface area contributed by atoms with Crippen molar-refractivity contribution in [2.45, 2.75) is 31.3 Å². The zero-order chi connectivity index (χ0) is 12.4. The van der Waals surface area contributed by atoms with Gasteiger partial charge < -0.3 is 5.32 Å². The first-order valence-electron chi connectivity index (χ1n) is 6.18. The van der Waals surface area contributed by atoms with E-state index in [4.69, 9.17) is 11.6 Å². The fourth-order valence-corrected chi connectivity index (χ4v) is 3.25.